The van der Waals surface area contributed by atoms with Gasteiger partial charge in [-0.25, -0.2) is 13.2 Å². The highest BCUT2D eigenvalue weighted by atomic mass is 19.4. The van der Waals surface area contributed by atoms with Crippen molar-refractivity contribution in [1.29, 1.82) is 0 Å². The van der Waals surface area contributed by atoms with Crippen LogP contribution in [0.25, 0.3) is 0 Å². The molecule has 1 saturated heterocycles. The van der Waals surface area contributed by atoms with Crippen molar-refractivity contribution < 1.29 is 35.9 Å². The van der Waals surface area contributed by atoms with Crippen LogP contribution in [0, 0.1) is 23.4 Å². The monoisotopic (exact) mass is 420 g/mol. The quantitative estimate of drug-likeness (QED) is 0.472. The first kappa shape index (κ1) is 20.7. The summed E-state index contributed by atoms with van der Waals surface area (Å²) in [6.45, 7) is -0.106. The average molecular weight is 420 g/mol. The Morgan fingerprint density at radius 3 is 2.41 bits per heavy atom. The first-order valence-electron chi connectivity index (χ1n) is 8.22. The molecule has 0 spiro atoms. The van der Waals surface area contributed by atoms with Crippen LogP contribution in [0.5, 0.6) is 0 Å². The number of alkyl halides is 3. The Labute approximate surface area is 160 Å². The fourth-order valence-electron chi connectivity index (χ4n) is 3.23. The Bertz CT molecular complexity index is 987. The molecule has 2 atom stereocenters. The normalized spacial score (nSPS) is 19.7. The van der Waals surface area contributed by atoms with Crippen LogP contribution in [0.4, 0.5) is 32.0 Å². The number of anilines is 1. The van der Waals surface area contributed by atoms with Crippen molar-refractivity contribution in [3.05, 3.63) is 47.0 Å². The van der Waals surface area contributed by atoms with Crippen molar-refractivity contribution in [2.45, 2.75) is 12.1 Å². The van der Waals surface area contributed by atoms with Gasteiger partial charge in [0.15, 0.2) is 17.5 Å². The van der Waals surface area contributed by atoms with Gasteiger partial charge in [0.2, 0.25) is 11.8 Å². The van der Waals surface area contributed by atoms with E-state index in [-0.39, 0.29) is 12.2 Å². The molecule has 29 heavy (non-hydrogen) atoms. The Hall–Kier alpha value is -3.05. The minimum absolute atomic E-state index is 0.106. The van der Waals surface area contributed by atoms with Crippen LogP contribution in [-0.4, -0.2) is 40.1 Å². The number of amides is 2. The van der Waals surface area contributed by atoms with E-state index in [1.165, 1.54) is 7.05 Å². The second-order valence-corrected chi connectivity index (χ2v) is 6.59. The molecular formula is C17H14F6N4O2. The zero-order valence-corrected chi connectivity index (χ0v) is 15.0. The van der Waals surface area contributed by atoms with Gasteiger partial charge in [0.1, 0.15) is 11.6 Å². The maximum atomic E-state index is 13.8. The molecule has 0 aliphatic carbocycles. The molecule has 0 saturated carbocycles. The van der Waals surface area contributed by atoms with E-state index in [0.29, 0.717) is 10.7 Å². The highest BCUT2D eigenvalue weighted by molar-refractivity contribution is 6.08. The Kier molecular flexibility index (Phi) is 5.05. The number of rotatable bonds is 3. The number of nitrogens with zero attached hydrogens (tertiary/aromatic N) is 3. The molecular weight excluding hydrogens is 406 g/mol. The van der Waals surface area contributed by atoms with Crippen LogP contribution in [-0.2, 0) is 22.8 Å². The minimum Gasteiger partial charge on any atom is -0.344 e. The zero-order valence-electron chi connectivity index (χ0n) is 15.0. The molecule has 1 aliphatic rings. The molecule has 2 amide bonds. The van der Waals surface area contributed by atoms with E-state index in [1.54, 1.807) is 0 Å². The molecule has 0 bridgehead atoms. The highest BCUT2D eigenvalue weighted by Crippen LogP contribution is 2.37. The summed E-state index contributed by atoms with van der Waals surface area (Å²) < 4.78 is 79.9. The summed E-state index contributed by atoms with van der Waals surface area (Å²) in [4.78, 5) is 26.1. The summed E-state index contributed by atoms with van der Waals surface area (Å²) >= 11 is 0. The lowest BCUT2D eigenvalue weighted by atomic mass is 9.91. The van der Waals surface area contributed by atoms with Crippen molar-refractivity contribution in [3.63, 3.8) is 0 Å². The molecule has 2 heterocycles. The van der Waals surface area contributed by atoms with Crippen LogP contribution in [0.3, 0.4) is 0 Å². The number of halogens is 6. The van der Waals surface area contributed by atoms with Gasteiger partial charge in [-0.2, -0.15) is 18.3 Å². The SMILES string of the molecule is CN1C[C@H](c2cc(C(F)(F)F)n(C)n2)[C@@H](C(=O)Nc2ccc(F)c(F)c2F)C1=O. The Balaban J connectivity index is 1.93. The predicted molar refractivity (Wildman–Crippen MR) is 87.0 cm³/mol. The van der Waals surface area contributed by atoms with E-state index in [0.717, 1.165) is 24.1 Å². The van der Waals surface area contributed by atoms with Crippen LogP contribution >= 0.6 is 0 Å². The van der Waals surface area contributed by atoms with Crippen LogP contribution in [0.15, 0.2) is 18.2 Å². The number of hydrogen-bond donors (Lipinski definition) is 1. The van der Waals surface area contributed by atoms with Gasteiger partial charge in [-0.15, -0.1) is 0 Å². The fourth-order valence-corrected chi connectivity index (χ4v) is 3.23. The molecule has 3 rings (SSSR count). The molecule has 1 aromatic carbocycles. The number of benzene rings is 1. The average Bonchev–Trinajstić information content (AvgIpc) is 3.16. The smallest absolute Gasteiger partial charge is 0.344 e. The first-order valence-corrected chi connectivity index (χ1v) is 8.22. The van der Waals surface area contributed by atoms with Gasteiger partial charge in [-0.3, -0.25) is 14.3 Å². The van der Waals surface area contributed by atoms with Crippen molar-refractivity contribution in [1.82, 2.24) is 14.7 Å². The number of aryl methyl sites for hydroxylation is 1. The van der Waals surface area contributed by atoms with E-state index < -0.39 is 58.7 Å². The highest BCUT2D eigenvalue weighted by Gasteiger charge is 2.47. The molecule has 1 aromatic heterocycles. The second-order valence-electron chi connectivity index (χ2n) is 6.59. The van der Waals surface area contributed by atoms with Gasteiger partial charge >= 0.3 is 6.18 Å². The van der Waals surface area contributed by atoms with Crippen molar-refractivity contribution >= 4 is 17.5 Å². The predicted octanol–water partition coefficient (Wildman–Crippen LogP) is 2.67. The van der Waals surface area contributed by atoms with Crippen molar-refractivity contribution in [3.8, 4) is 0 Å². The lowest BCUT2D eigenvalue weighted by Crippen LogP contribution is -2.33. The molecule has 6 nitrogen and oxygen atoms in total. The van der Waals surface area contributed by atoms with Crippen LogP contribution < -0.4 is 5.32 Å². The molecule has 2 aromatic rings. The third-order valence-corrected chi connectivity index (χ3v) is 4.66. The van der Waals surface area contributed by atoms with Gasteiger partial charge in [-0.05, 0) is 18.2 Å². The summed E-state index contributed by atoms with van der Waals surface area (Å²) in [5, 5.41) is 5.76. The van der Waals surface area contributed by atoms with Crippen LogP contribution in [0.2, 0.25) is 0 Å². The third kappa shape index (κ3) is 3.66. The fraction of sp³-hybridized carbons (Fsp3) is 0.353. The largest absolute Gasteiger partial charge is 0.433 e. The molecule has 0 radical (unpaired) electrons. The van der Waals surface area contributed by atoms with E-state index in [9.17, 15) is 35.9 Å². The molecule has 1 N–H and O–H groups in total. The van der Waals surface area contributed by atoms with E-state index in [2.05, 4.69) is 5.10 Å². The number of aromatic nitrogens is 2. The number of likely N-dealkylation sites (N-methyl/N-ethyl adjacent to an activating group) is 1. The third-order valence-electron chi connectivity index (χ3n) is 4.66. The molecule has 12 heteroatoms. The van der Waals surface area contributed by atoms with Crippen molar-refractivity contribution in [2.24, 2.45) is 13.0 Å². The summed E-state index contributed by atoms with van der Waals surface area (Å²) in [6.07, 6.45) is -4.69. The number of hydrogen-bond acceptors (Lipinski definition) is 3. The summed E-state index contributed by atoms with van der Waals surface area (Å²) in [6, 6.07) is 2.09. The van der Waals surface area contributed by atoms with Gasteiger partial charge in [0, 0.05) is 26.6 Å². The van der Waals surface area contributed by atoms with E-state index in [1.807, 2.05) is 5.32 Å². The number of carbonyl (C=O) groups excluding carboxylic acids is 2. The summed E-state index contributed by atoms with van der Waals surface area (Å²) in [5.74, 6) is -9.32. The van der Waals surface area contributed by atoms with E-state index >= 15 is 0 Å². The van der Waals surface area contributed by atoms with Crippen molar-refractivity contribution in [2.75, 3.05) is 18.9 Å². The minimum atomic E-state index is -4.69. The van der Waals surface area contributed by atoms with Crippen LogP contribution in [0.1, 0.15) is 17.3 Å². The zero-order chi connectivity index (χ0) is 21.7. The maximum Gasteiger partial charge on any atom is 0.433 e. The molecule has 0 unspecified atom stereocenters. The second kappa shape index (κ2) is 7.08. The summed E-state index contributed by atoms with van der Waals surface area (Å²) in [7, 11) is 2.41. The standard InChI is InChI=1S/C17H14F6N4O2/c1-26-6-7(10-5-11(17(21,22)23)27(2)25-10)12(16(26)29)15(28)24-9-4-3-8(18)13(19)14(9)20/h3-5,7,12H,6H2,1-2H3,(H,24,28)/t7-,12+/m1/s1. The molecule has 1 fully saturated rings. The molecule has 1 aliphatic heterocycles. The van der Waals surface area contributed by atoms with Gasteiger partial charge in [0.25, 0.3) is 0 Å². The number of nitrogens with one attached hydrogen (secondary N) is 1. The van der Waals surface area contributed by atoms with Gasteiger partial charge in [-0.1, -0.05) is 0 Å². The number of likely N-dealkylation sites (tertiary alicyclic amines) is 1. The van der Waals surface area contributed by atoms with Gasteiger partial charge in [0.05, 0.1) is 11.4 Å². The summed E-state index contributed by atoms with van der Waals surface area (Å²) in [5.41, 5.74) is -1.92. The van der Waals surface area contributed by atoms with Gasteiger partial charge < -0.3 is 10.2 Å². The Morgan fingerprint density at radius 2 is 1.83 bits per heavy atom. The first-order chi connectivity index (χ1) is 13.4. The lowest BCUT2D eigenvalue weighted by molar-refractivity contribution is -0.143. The lowest BCUT2D eigenvalue weighted by Gasteiger charge is -2.15. The molecule has 156 valence electrons. The Morgan fingerprint density at radius 1 is 1.17 bits per heavy atom. The number of carbonyl (C=O) groups is 2. The topological polar surface area (TPSA) is 67.2 Å². The maximum absolute atomic E-state index is 13.8. The van der Waals surface area contributed by atoms with E-state index in [4.69, 9.17) is 0 Å².